The van der Waals surface area contributed by atoms with Gasteiger partial charge in [0.1, 0.15) is 34.5 Å². The molecule has 0 bridgehead atoms. The number of nitrogens with zero attached hydrogens (tertiary/aromatic N) is 1. The summed E-state index contributed by atoms with van der Waals surface area (Å²) in [6.45, 7) is 35.0. The number of likely N-dealkylation sites (tertiary alicyclic amines) is 1. The standard InChI is InChI=1S/C17H27NO7.C13H21NO4.C11H21NO4.C6H13NO2/c1-9(2)8-10(18-15(22)25-16(3,4)5)12(19)11-13(20)23-17(6,7)24-14(11)21;1-8(2)6-9-10(15)7-11(16)14(9)12(17)18-13(3,4)5;1-7(2)6-8(9(13)14)12-10(15)16-11(3,4)5;1-6(2,3)9-5(8)7-4/h9-11H,8H2,1-7H3,(H,18,22);8-9H,6-7H2,1-5H3;7-8H,6H2,1-5H3,(H,12,15)(H,13,14);1-4H3,(H,7,8)/t10-;9-;8-;/m000./s1. The zero-order valence-corrected chi connectivity index (χ0v) is 44.3. The number of carbonyl (C=O) groups excluding carboxylic acids is 9. The first-order chi connectivity index (χ1) is 30.4. The second kappa shape index (κ2) is 26.9. The number of ether oxygens (including phenoxy) is 6. The summed E-state index contributed by atoms with van der Waals surface area (Å²) in [5.41, 5.74) is -2.43. The molecule has 21 heteroatoms. The lowest BCUT2D eigenvalue weighted by atomic mass is 9.91. The predicted molar refractivity (Wildman–Crippen MR) is 249 cm³/mol. The van der Waals surface area contributed by atoms with Gasteiger partial charge in [0.2, 0.25) is 11.8 Å². The van der Waals surface area contributed by atoms with Gasteiger partial charge in [-0.3, -0.25) is 24.0 Å². The number of Topliss-reactive ketones (excluding diaryl/α,β-unsaturated/α-hetero) is 2. The Kier molecular flexibility index (Phi) is 25.5. The van der Waals surface area contributed by atoms with Crippen LogP contribution in [0.15, 0.2) is 0 Å². The quantitative estimate of drug-likeness (QED) is 0.0901. The zero-order valence-electron chi connectivity index (χ0n) is 44.3. The van der Waals surface area contributed by atoms with Crippen molar-refractivity contribution in [1.82, 2.24) is 20.9 Å². The lowest BCUT2D eigenvalue weighted by Crippen LogP contribution is -2.54. The minimum Gasteiger partial charge on any atom is -0.480 e. The van der Waals surface area contributed by atoms with Crippen LogP contribution < -0.4 is 16.0 Å². The highest BCUT2D eigenvalue weighted by molar-refractivity contribution is 6.17. The number of alkyl carbamates (subject to hydrolysis) is 3. The molecule has 5 amide bonds. The van der Waals surface area contributed by atoms with Crippen molar-refractivity contribution in [3.63, 3.8) is 0 Å². The molecular weight excluding hydrogens is 893 g/mol. The number of aliphatic carboxylic acids is 1. The molecule has 392 valence electrons. The van der Waals surface area contributed by atoms with E-state index in [2.05, 4.69) is 16.0 Å². The molecule has 21 nitrogen and oxygen atoms in total. The van der Waals surface area contributed by atoms with Gasteiger partial charge in [-0.05, 0) is 120 Å². The Morgan fingerprint density at radius 1 is 0.632 bits per heavy atom. The number of hydrogen-bond acceptors (Lipinski definition) is 16. The molecule has 68 heavy (non-hydrogen) atoms. The molecule has 3 atom stereocenters. The summed E-state index contributed by atoms with van der Waals surface area (Å²) in [6, 6.07) is -2.62. The van der Waals surface area contributed by atoms with Gasteiger partial charge in [-0.15, -0.1) is 0 Å². The highest BCUT2D eigenvalue weighted by Gasteiger charge is 2.49. The maximum atomic E-state index is 12.7. The van der Waals surface area contributed by atoms with Crippen LogP contribution in [0, 0.1) is 23.7 Å². The van der Waals surface area contributed by atoms with E-state index in [1.807, 2.05) is 62.3 Å². The van der Waals surface area contributed by atoms with Gasteiger partial charge in [-0.2, -0.15) is 0 Å². The third kappa shape index (κ3) is 28.6. The number of carboxylic acid groups (broad SMARTS) is 1. The van der Waals surface area contributed by atoms with Crippen molar-refractivity contribution >= 4 is 59.8 Å². The second-order valence-electron chi connectivity index (χ2n) is 21.9. The fourth-order valence-electron chi connectivity index (χ4n) is 5.69. The Balaban J connectivity index is 0. The monoisotopic (exact) mass is 975 g/mol. The zero-order chi connectivity index (χ0) is 54.1. The van der Waals surface area contributed by atoms with Crippen molar-refractivity contribution in [2.45, 2.75) is 210 Å². The number of amides is 5. The minimum absolute atomic E-state index is 0.0240. The average Bonchev–Trinajstić information content (AvgIpc) is 3.35. The van der Waals surface area contributed by atoms with Crippen LogP contribution in [-0.2, 0) is 57.2 Å². The fourth-order valence-corrected chi connectivity index (χ4v) is 5.69. The highest BCUT2D eigenvalue weighted by Crippen LogP contribution is 2.27. The van der Waals surface area contributed by atoms with E-state index in [1.54, 1.807) is 62.3 Å². The number of esters is 2. The van der Waals surface area contributed by atoms with E-state index in [4.69, 9.17) is 33.5 Å². The van der Waals surface area contributed by atoms with E-state index in [-0.39, 0.29) is 48.1 Å². The van der Waals surface area contributed by atoms with Gasteiger partial charge in [-0.1, -0.05) is 41.5 Å². The summed E-state index contributed by atoms with van der Waals surface area (Å²) in [5, 5.41) is 16.0. The molecule has 0 aliphatic carbocycles. The number of ketones is 2. The molecule has 2 rings (SSSR count). The van der Waals surface area contributed by atoms with Crippen molar-refractivity contribution in [2.75, 3.05) is 7.05 Å². The van der Waals surface area contributed by atoms with E-state index in [9.17, 15) is 47.9 Å². The van der Waals surface area contributed by atoms with Crippen LogP contribution in [-0.4, -0.2) is 123 Å². The number of hydrogen-bond donors (Lipinski definition) is 4. The van der Waals surface area contributed by atoms with Crippen LogP contribution in [0.3, 0.4) is 0 Å². The fraction of sp³-hybridized carbons (Fsp3) is 0.787. The first-order valence-corrected chi connectivity index (χ1v) is 22.6. The number of carboxylic acids is 1. The van der Waals surface area contributed by atoms with Crippen molar-refractivity contribution < 1.29 is 81.5 Å². The van der Waals surface area contributed by atoms with Crippen molar-refractivity contribution in [3.8, 4) is 0 Å². The van der Waals surface area contributed by atoms with E-state index in [0.29, 0.717) is 12.8 Å². The first-order valence-electron chi connectivity index (χ1n) is 22.6. The maximum absolute atomic E-state index is 12.7. The smallest absolute Gasteiger partial charge is 0.417 e. The Morgan fingerprint density at radius 3 is 1.32 bits per heavy atom. The summed E-state index contributed by atoms with van der Waals surface area (Å²) in [6.07, 6.45) is -1.69. The molecule has 2 fully saturated rings. The number of cyclic esters (lactones) is 2. The summed E-state index contributed by atoms with van der Waals surface area (Å²) in [7, 11) is 1.54. The van der Waals surface area contributed by atoms with Gasteiger partial charge in [0.25, 0.3) is 5.79 Å². The van der Waals surface area contributed by atoms with Gasteiger partial charge in [-0.25, -0.2) is 28.9 Å². The second-order valence-corrected chi connectivity index (χ2v) is 21.9. The van der Waals surface area contributed by atoms with Crippen molar-refractivity contribution in [1.29, 1.82) is 0 Å². The molecule has 2 saturated heterocycles. The van der Waals surface area contributed by atoms with Crippen LogP contribution >= 0.6 is 0 Å². The molecule has 2 aliphatic heterocycles. The highest BCUT2D eigenvalue weighted by atomic mass is 16.7. The lowest BCUT2D eigenvalue weighted by Gasteiger charge is -2.33. The van der Waals surface area contributed by atoms with Crippen LogP contribution in [0.1, 0.15) is 164 Å². The summed E-state index contributed by atoms with van der Waals surface area (Å²) >= 11 is 0. The topological polar surface area (TPSA) is 286 Å². The van der Waals surface area contributed by atoms with Crippen molar-refractivity contribution in [2.24, 2.45) is 23.7 Å². The van der Waals surface area contributed by atoms with E-state index >= 15 is 0 Å². The largest absolute Gasteiger partial charge is 0.480 e. The number of carbonyl (C=O) groups is 10. The minimum atomic E-state index is -1.72. The molecule has 0 spiro atoms. The Morgan fingerprint density at radius 2 is 1.00 bits per heavy atom. The Labute approximate surface area is 402 Å². The van der Waals surface area contributed by atoms with Crippen LogP contribution in [0.2, 0.25) is 0 Å². The molecule has 2 aliphatic rings. The molecule has 0 aromatic heterocycles. The van der Waals surface area contributed by atoms with Gasteiger partial charge in [0, 0.05) is 20.9 Å². The maximum Gasteiger partial charge on any atom is 0.417 e. The molecular formula is C47H82N4O17. The van der Waals surface area contributed by atoms with E-state index < -0.39 is 94.5 Å². The molecule has 0 saturated carbocycles. The molecule has 0 aromatic rings. The van der Waals surface area contributed by atoms with Crippen LogP contribution in [0.4, 0.5) is 19.2 Å². The predicted octanol–water partition coefficient (Wildman–Crippen LogP) is 7.24. The van der Waals surface area contributed by atoms with Gasteiger partial charge in [0.05, 0.1) is 12.5 Å². The summed E-state index contributed by atoms with van der Waals surface area (Å²) in [5.74, 6) is -7.12. The molecule has 0 unspecified atom stereocenters. The lowest BCUT2D eigenvalue weighted by molar-refractivity contribution is -0.238. The third-order valence-corrected chi connectivity index (χ3v) is 8.05. The summed E-state index contributed by atoms with van der Waals surface area (Å²) < 4.78 is 30.1. The van der Waals surface area contributed by atoms with E-state index in [1.165, 1.54) is 20.9 Å². The molecule has 0 aromatic carbocycles. The third-order valence-electron chi connectivity index (χ3n) is 8.05. The number of imide groups is 1. The van der Waals surface area contributed by atoms with Crippen LogP contribution in [0.25, 0.3) is 0 Å². The van der Waals surface area contributed by atoms with Gasteiger partial charge >= 0.3 is 42.3 Å². The molecule has 4 N–H and O–H groups in total. The Bertz CT molecular complexity index is 1740. The number of rotatable bonds is 11. The van der Waals surface area contributed by atoms with Crippen LogP contribution in [0.5, 0.6) is 0 Å². The normalized spacial score (nSPS) is 17.1. The van der Waals surface area contributed by atoms with Gasteiger partial charge < -0.3 is 49.5 Å². The van der Waals surface area contributed by atoms with Gasteiger partial charge in [0.15, 0.2) is 11.6 Å². The van der Waals surface area contributed by atoms with Crippen molar-refractivity contribution in [3.05, 3.63) is 0 Å². The average molecular weight is 975 g/mol. The molecule has 0 radical (unpaired) electrons. The summed E-state index contributed by atoms with van der Waals surface area (Å²) in [4.78, 5) is 118. The van der Waals surface area contributed by atoms with E-state index in [0.717, 1.165) is 4.90 Å². The Hall–Kier alpha value is -5.50. The SMILES string of the molecule is CC(C)C[C@H](NC(=O)OC(C)(C)C)C(=O)C1C(=O)OC(C)(C)OC1=O.CC(C)C[C@H](NC(=O)OC(C)(C)C)C(=O)O.CC(C)C[C@H]1C(=O)CC(=O)N1C(=O)OC(C)(C)C.CNC(=O)OC(C)(C)C. The molecule has 2 heterocycles. The first kappa shape index (κ1) is 64.6. The number of nitrogens with one attached hydrogen (secondary N) is 3.